The van der Waals surface area contributed by atoms with Gasteiger partial charge in [-0.3, -0.25) is 4.99 Å². The molecule has 0 fully saturated rings. The monoisotopic (exact) mass is 403 g/mol. The van der Waals surface area contributed by atoms with Crippen LogP contribution in [-0.4, -0.2) is 25.1 Å². The molecule has 0 spiro atoms. The van der Waals surface area contributed by atoms with E-state index in [1.54, 1.807) is 12.1 Å². The summed E-state index contributed by atoms with van der Waals surface area (Å²) in [6, 6.07) is 7.14. The molecule has 5 heteroatoms. The smallest absolute Gasteiger partial charge is 0.191 e. The second kappa shape index (κ2) is 9.76. The first-order valence-corrected chi connectivity index (χ1v) is 7.22. The first-order chi connectivity index (χ1) is 9.78. The largest absolute Gasteiger partial charge is 0.357 e. The molecule has 2 rings (SSSR count). The van der Waals surface area contributed by atoms with Crippen LogP contribution in [-0.2, 0) is 6.42 Å². The predicted molar refractivity (Wildman–Crippen MR) is 96.8 cm³/mol. The summed E-state index contributed by atoms with van der Waals surface area (Å²) in [4.78, 5) is 4.55. The van der Waals surface area contributed by atoms with Crippen LogP contribution in [0.3, 0.4) is 0 Å². The number of rotatable bonds is 5. The highest BCUT2D eigenvalue weighted by Crippen LogP contribution is 2.09. The summed E-state index contributed by atoms with van der Waals surface area (Å²) in [7, 11) is 0. The lowest BCUT2D eigenvalue weighted by molar-refractivity contribution is 0.625. The maximum Gasteiger partial charge on any atom is 0.191 e. The standard InChI is InChI=1S/C16H22FN3.HI/c1-2-18-16(20-15-8-3-4-9-15)19-11-10-13-6-5-7-14(17)12-13;/h3-7,12,15H,2,8-11H2,1H3,(H2,18,19,20);1H. The third-order valence-electron chi connectivity index (χ3n) is 3.25. The van der Waals surface area contributed by atoms with Crippen LogP contribution in [0.5, 0.6) is 0 Å². The number of nitrogens with zero attached hydrogens (tertiary/aromatic N) is 1. The van der Waals surface area contributed by atoms with Crippen molar-refractivity contribution in [2.24, 2.45) is 4.99 Å². The molecule has 1 aliphatic carbocycles. The Bertz CT molecular complexity index is 480. The molecule has 0 heterocycles. The molecule has 3 nitrogen and oxygen atoms in total. The minimum atomic E-state index is -0.187. The quantitative estimate of drug-likeness (QED) is 0.343. The molecular weight excluding hydrogens is 380 g/mol. The zero-order valence-electron chi connectivity index (χ0n) is 12.3. The normalized spacial score (nSPS) is 14.9. The molecule has 0 bridgehead atoms. The van der Waals surface area contributed by atoms with Crippen molar-refractivity contribution in [2.75, 3.05) is 13.1 Å². The maximum atomic E-state index is 13.1. The van der Waals surface area contributed by atoms with Crippen molar-refractivity contribution in [1.29, 1.82) is 0 Å². The van der Waals surface area contributed by atoms with E-state index in [1.807, 2.05) is 6.07 Å². The highest BCUT2D eigenvalue weighted by atomic mass is 127. The van der Waals surface area contributed by atoms with Crippen molar-refractivity contribution in [3.05, 3.63) is 47.8 Å². The molecule has 0 atom stereocenters. The molecule has 0 unspecified atom stereocenters. The van der Waals surface area contributed by atoms with Gasteiger partial charge in [0.2, 0.25) is 0 Å². The van der Waals surface area contributed by atoms with Crippen LogP contribution in [0, 0.1) is 5.82 Å². The van der Waals surface area contributed by atoms with Gasteiger partial charge in [0.05, 0.1) is 0 Å². The topological polar surface area (TPSA) is 36.4 Å². The van der Waals surface area contributed by atoms with E-state index in [-0.39, 0.29) is 29.8 Å². The number of hydrogen-bond donors (Lipinski definition) is 2. The van der Waals surface area contributed by atoms with Crippen LogP contribution < -0.4 is 10.6 Å². The summed E-state index contributed by atoms with van der Waals surface area (Å²) in [5.41, 5.74) is 0.979. The van der Waals surface area contributed by atoms with Crippen molar-refractivity contribution >= 4 is 29.9 Å². The number of nitrogens with one attached hydrogen (secondary N) is 2. The minimum absolute atomic E-state index is 0. The molecule has 0 aromatic heterocycles. The highest BCUT2D eigenvalue weighted by molar-refractivity contribution is 14.0. The van der Waals surface area contributed by atoms with Gasteiger partial charge in [-0.15, -0.1) is 24.0 Å². The van der Waals surface area contributed by atoms with E-state index in [9.17, 15) is 4.39 Å². The first-order valence-electron chi connectivity index (χ1n) is 7.22. The lowest BCUT2D eigenvalue weighted by Gasteiger charge is -2.16. The second-order valence-electron chi connectivity index (χ2n) is 4.92. The third-order valence-corrected chi connectivity index (χ3v) is 3.25. The van der Waals surface area contributed by atoms with Crippen LogP contribution in [0.15, 0.2) is 41.4 Å². The molecule has 0 radical (unpaired) electrons. The summed E-state index contributed by atoms with van der Waals surface area (Å²) in [6.07, 6.45) is 7.22. The Balaban J connectivity index is 0.00000220. The highest BCUT2D eigenvalue weighted by Gasteiger charge is 2.11. The predicted octanol–water partition coefficient (Wildman–Crippen LogP) is 3.26. The third kappa shape index (κ3) is 6.46. The Hall–Kier alpha value is -1.11. The second-order valence-corrected chi connectivity index (χ2v) is 4.92. The molecule has 116 valence electrons. The SMILES string of the molecule is CCNC(=NCCc1cccc(F)c1)NC1CC=CC1.I. The maximum absolute atomic E-state index is 13.1. The molecule has 1 aliphatic rings. The fourth-order valence-corrected chi connectivity index (χ4v) is 2.24. The van der Waals surface area contributed by atoms with Crippen molar-refractivity contribution < 1.29 is 4.39 Å². The summed E-state index contributed by atoms with van der Waals surface area (Å²) < 4.78 is 13.1. The van der Waals surface area contributed by atoms with Gasteiger partial charge in [-0.25, -0.2) is 4.39 Å². The Kier molecular flexibility index (Phi) is 8.34. The fourth-order valence-electron chi connectivity index (χ4n) is 2.24. The van der Waals surface area contributed by atoms with Crippen LogP contribution in [0.4, 0.5) is 4.39 Å². The van der Waals surface area contributed by atoms with Crippen molar-refractivity contribution in [3.63, 3.8) is 0 Å². The van der Waals surface area contributed by atoms with Gasteiger partial charge < -0.3 is 10.6 Å². The summed E-state index contributed by atoms with van der Waals surface area (Å²) in [6.45, 7) is 3.54. The van der Waals surface area contributed by atoms with Gasteiger partial charge in [-0.1, -0.05) is 24.3 Å². The van der Waals surface area contributed by atoms with E-state index in [0.29, 0.717) is 12.6 Å². The van der Waals surface area contributed by atoms with E-state index in [4.69, 9.17) is 0 Å². The van der Waals surface area contributed by atoms with E-state index >= 15 is 0 Å². The summed E-state index contributed by atoms with van der Waals surface area (Å²) >= 11 is 0. The van der Waals surface area contributed by atoms with Crippen molar-refractivity contribution in [3.8, 4) is 0 Å². The molecule has 0 aliphatic heterocycles. The number of guanidine groups is 1. The number of benzene rings is 1. The zero-order valence-corrected chi connectivity index (χ0v) is 14.6. The van der Waals surface area contributed by atoms with Crippen LogP contribution in [0.1, 0.15) is 25.3 Å². The van der Waals surface area contributed by atoms with E-state index in [2.05, 4.69) is 34.7 Å². The van der Waals surface area contributed by atoms with Crippen LogP contribution in [0.25, 0.3) is 0 Å². The number of aliphatic imine (C=N–C) groups is 1. The van der Waals surface area contributed by atoms with Crippen molar-refractivity contribution in [2.45, 2.75) is 32.2 Å². The van der Waals surface area contributed by atoms with Gasteiger partial charge in [0.15, 0.2) is 5.96 Å². The molecule has 21 heavy (non-hydrogen) atoms. The Labute approximate surface area is 143 Å². The molecule has 0 saturated carbocycles. The number of halogens is 2. The van der Waals surface area contributed by atoms with Gasteiger partial charge in [-0.05, 0) is 43.9 Å². The lowest BCUT2D eigenvalue weighted by atomic mass is 10.1. The van der Waals surface area contributed by atoms with E-state index < -0.39 is 0 Å². The minimum Gasteiger partial charge on any atom is -0.357 e. The van der Waals surface area contributed by atoms with Gasteiger partial charge in [0.1, 0.15) is 5.82 Å². The Morgan fingerprint density at radius 3 is 2.76 bits per heavy atom. The molecule has 2 N–H and O–H groups in total. The first kappa shape index (κ1) is 17.9. The molecule has 0 amide bonds. The van der Waals surface area contributed by atoms with Crippen molar-refractivity contribution in [1.82, 2.24) is 10.6 Å². The molecule has 0 saturated heterocycles. The zero-order chi connectivity index (χ0) is 14.2. The lowest BCUT2D eigenvalue weighted by Crippen LogP contribution is -2.42. The average Bonchev–Trinajstić information content (AvgIpc) is 2.92. The summed E-state index contributed by atoms with van der Waals surface area (Å²) in [5.74, 6) is 0.658. The van der Waals surface area contributed by atoms with E-state index in [0.717, 1.165) is 37.3 Å². The Morgan fingerprint density at radius 1 is 1.33 bits per heavy atom. The molecule has 1 aromatic rings. The van der Waals surface area contributed by atoms with Crippen LogP contribution in [0.2, 0.25) is 0 Å². The fraction of sp³-hybridized carbons (Fsp3) is 0.438. The molecular formula is C16H23FIN3. The van der Waals surface area contributed by atoms with Gasteiger partial charge in [0, 0.05) is 19.1 Å². The Morgan fingerprint density at radius 2 is 2.10 bits per heavy atom. The van der Waals surface area contributed by atoms with E-state index in [1.165, 1.54) is 6.07 Å². The van der Waals surface area contributed by atoms with Gasteiger partial charge in [0.25, 0.3) is 0 Å². The van der Waals surface area contributed by atoms with Gasteiger partial charge in [-0.2, -0.15) is 0 Å². The number of hydrogen-bond acceptors (Lipinski definition) is 1. The van der Waals surface area contributed by atoms with Crippen LogP contribution >= 0.6 is 24.0 Å². The average molecular weight is 403 g/mol. The molecule has 1 aromatic carbocycles. The van der Waals surface area contributed by atoms with Gasteiger partial charge >= 0.3 is 0 Å². The summed E-state index contributed by atoms with van der Waals surface area (Å²) in [5, 5.41) is 6.66.